The van der Waals surface area contributed by atoms with Gasteiger partial charge in [0, 0.05) is 24.4 Å². The van der Waals surface area contributed by atoms with Crippen molar-refractivity contribution in [3.05, 3.63) is 27.5 Å². The van der Waals surface area contributed by atoms with E-state index >= 15 is 0 Å². The Morgan fingerprint density at radius 2 is 2.35 bits per heavy atom. The van der Waals surface area contributed by atoms with Crippen molar-refractivity contribution in [3.8, 4) is 0 Å². The van der Waals surface area contributed by atoms with Crippen molar-refractivity contribution in [2.24, 2.45) is 5.73 Å². The third-order valence-electron chi connectivity index (χ3n) is 2.90. The smallest absolute Gasteiger partial charge is 0.360 e. The molecule has 0 saturated carbocycles. The maximum Gasteiger partial charge on any atom is 0.360 e. The molecule has 0 aliphatic heterocycles. The number of carbonyl (C=O) groups excluding carboxylic acids is 1. The van der Waals surface area contributed by atoms with E-state index in [1.54, 1.807) is 22.9 Å². The van der Waals surface area contributed by atoms with E-state index in [0.29, 0.717) is 18.8 Å². The van der Waals surface area contributed by atoms with Gasteiger partial charge in [-0.1, -0.05) is 5.21 Å². The van der Waals surface area contributed by atoms with Crippen LogP contribution in [-0.2, 0) is 24.2 Å². The summed E-state index contributed by atoms with van der Waals surface area (Å²) in [5, 5.41) is 7.86. The van der Waals surface area contributed by atoms with Crippen LogP contribution in [0.25, 0.3) is 0 Å². The fraction of sp³-hybridized carbons (Fsp3) is 0.500. The molecule has 2 N–H and O–H groups in total. The zero-order valence-corrected chi connectivity index (χ0v) is 12.3. The van der Waals surface area contributed by atoms with E-state index in [1.165, 1.54) is 4.88 Å². The molecule has 2 heterocycles. The number of rotatable bonds is 6. The quantitative estimate of drug-likeness (QED) is 0.796. The second kappa shape index (κ2) is 6.58. The Labute approximate surface area is 120 Å². The molecule has 2 aromatic heterocycles. The summed E-state index contributed by atoms with van der Waals surface area (Å²) in [4.78, 5) is 17.1. The third-order valence-corrected chi connectivity index (χ3v) is 3.89. The zero-order chi connectivity index (χ0) is 14.5. The van der Waals surface area contributed by atoms with Gasteiger partial charge < -0.3 is 10.5 Å². The lowest BCUT2D eigenvalue weighted by atomic mass is 10.3. The summed E-state index contributed by atoms with van der Waals surface area (Å²) in [6.45, 7) is 4.83. The first-order valence-corrected chi connectivity index (χ1v) is 7.23. The lowest BCUT2D eigenvalue weighted by Gasteiger charge is -2.05. The van der Waals surface area contributed by atoms with Crippen molar-refractivity contribution in [2.45, 2.75) is 33.4 Å². The maximum atomic E-state index is 11.7. The Morgan fingerprint density at radius 1 is 1.55 bits per heavy atom. The Hall–Kier alpha value is -1.80. The Bertz CT molecular complexity index is 592. The van der Waals surface area contributed by atoms with Crippen LogP contribution < -0.4 is 5.73 Å². The molecule has 0 radical (unpaired) electrons. The van der Waals surface area contributed by atoms with Gasteiger partial charge in [0.15, 0.2) is 5.69 Å². The van der Waals surface area contributed by atoms with Crippen LogP contribution in [-0.4, -0.2) is 32.6 Å². The van der Waals surface area contributed by atoms with Crippen LogP contribution in [0.1, 0.15) is 33.7 Å². The monoisotopic (exact) mass is 295 g/mol. The predicted molar refractivity (Wildman–Crippen MR) is 74.4 cm³/mol. The molecule has 2 rings (SSSR count). The number of ether oxygens (including phenoxy) is 1. The molecule has 0 saturated heterocycles. The fourth-order valence-corrected chi connectivity index (χ4v) is 2.62. The van der Waals surface area contributed by atoms with Crippen LogP contribution in [0.4, 0.5) is 0 Å². The van der Waals surface area contributed by atoms with Crippen molar-refractivity contribution in [2.75, 3.05) is 6.61 Å². The number of nitrogens with two attached hydrogens (primary N) is 1. The number of hydrogen-bond donors (Lipinski definition) is 1. The summed E-state index contributed by atoms with van der Waals surface area (Å²) in [6, 6.07) is 0. The number of esters is 1. The molecule has 0 spiro atoms. The van der Waals surface area contributed by atoms with Gasteiger partial charge in [-0.3, -0.25) is 0 Å². The molecule has 0 bridgehead atoms. The first-order chi connectivity index (χ1) is 9.67. The fourth-order valence-electron chi connectivity index (χ4n) is 1.85. The van der Waals surface area contributed by atoms with E-state index in [2.05, 4.69) is 15.3 Å². The Morgan fingerprint density at radius 3 is 2.95 bits per heavy atom. The molecular formula is C12H17N5O2S. The van der Waals surface area contributed by atoms with Crippen molar-refractivity contribution in [1.82, 2.24) is 20.0 Å². The van der Waals surface area contributed by atoms with Gasteiger partial charge in [0.25, 0.3) is 0 Å². The van der Waals surface area contributed by atoms with E-state index in [9.17, 15) is 4.79 Å². The Balaban J connectivity index is 2.12. The molecule has 108 valence electrons. The van der Waals surface area contributed by atoms with E-state index in [0.717, 1.165) is 12.1 Å². The lowest BCUT2D eigenvalue weighted by molar-refractivity contribution is 0.0518. The number of carbonyl (C=O) groups is 1. The number of nitrogens with zero attached hydrogens (tertiary/aromatic N) is 4. The van der Waals surface area contributed by atoms with Gasteiger partial charge >= 0.3 is 5.97 Å². The minimum absolute atomic E-state index is 0.197. The number of aromatic nitrogens is 4. The molecule has 8 heteroatoms. The highest BCUT2D eigenvalue weighted by Crippen LogP contribution is 2.14. The molecule has 0 aliphatic carbocycles. The van der Waals surface area contributed by atoms with Crippen molar-refractivity contribution in [3.63, 3.8) is 0 Å². The molecule has 0 aromatic carbocycles. The minimum Gasteiger partial charge on any atom is -0.461 e. The topological polar surface area (TPSA) is 95.9 Å². The van der Waals surface area contributed by atoms with Gasteiger partial charge in [-0.25, -0.2) is 14.5 Å². The molecule has 0 fully saturated rings. The number of hydrogen-bond acceptors (Lipinski definition) is 7. The van der Waals surface area contributed by atoms with Crippen LogP contribution in [0.2, 0.25) is 0 Å². The summed E-state index contributed by atoms with van der Waals surface area (Å²) in [6.07, 6.45) is 0.787. The van der Waals surface area contributed by atoms with Gasteiger partial charge in [0.2, 0.25) is 0 Å². The number of aryl methyl sites for hydroxylation is 3. The maximum absolute atomic E-state index is 11.7. The molecule has 0 aliphatic rings. The van der Waals surface area contributed by atoms with Crippen LogP contribution in [0.3, 0.4) is 0 Å². The SMILES string of the molecule is CCOC(=O)c1nnn(CCc2scnc2C)c1CN. The van der Waals surface area contributed by atoms with Gasteiger partial charge in [0.1, 0.15) is 0 Å². The highest BCUT2D eigenvalue weighted by molar-refractivity contribution is 7.09. The lowest BCUT2D eigenvalue weighted by Crippen LogP contribution is -2.15. The second-order valence-electron chi connectivity index (χ2n) is 4.14. The molecule has 0 amide bonds. The third kappa shape index (κ3) is 3.02. The largest absolute Gasteiger partial charge is 0.461 e. The normalized spacial score (nSPS) is 10.8. The predicted octanol–water partition coefficient (Wildman–Crippen LogP) is 0.921. The van der Waals surface area contributed by atoms with Gasteiger partial charge in [0.05, 0.1) is 23.5 Å². The van der Waals surface area contributed by atoms with Crippen molar-refractivity contribution in [1.29, 1.82) is 0 Å². The average molecular weight is 295 g/mol. The summed E-state index contributed by atoms with van der Waals surface area (Å²) in [7, 11) is 0. The first-order valence-electron chi connectivity index (χ1n) is 6.35. The van der Waals surface area contributed by atoms with Gasteiger partial charge in [-0.05, 0) is 13.8 Å². The second-order valence-corrected chi connectivity index (χ2v) is 5.08. The molecule has 7 nitrogen and oxygen atoms in total. The van der Waals surface area contributed by atoms with Crippen molar-refractivity contribution < 1.29 is 9.53 Å². The molecule has 20 heavy (non-hydrogen) atoms. The first kappa shape index (κ1) is 14.6. The summed E-state index contributed by atoms with van der Waals surface area (Å²) in [5.41, 5.74) is 9.34. The Kier molecular flexibility index (Phi) is 4.80. The highest BCUT2D eigenvalue weighted by Gasteiger charge is 2.19. The van der Waals surface area contributed by atoms with Gasteiger partial charge in [-0.2, -0.15) is 0 Å². The average Bonchev–Trinajstić information content (AvgIpc) is 3.02. The molecule has 2 aromatic rings. The summed E-state index contributed by atoms with van der Waals surface area (Å²) >= 11 is 1.61. The van der Waals surface area contributed by atoms with E-state index in [-0.39, 0.29) is 12.2 Å². The van der Waals surface area contributed by atoms with Crippen LogP contribution in [0, 0.1) is 6.92 Å². The van der Waals surface area contributed by atoms with Crippen LogP contribution in [0.5, 0.6) is 0 Å². The van der Waals surface area contributed by atoms with E-state index < -0.39 is 5.97 Å². The summed E-state index contributed by atoms with van der Waals surface area (Å²) < 4.78 is 6.59. The van der Waals surface area contributed by atoms with Crippen LogP contribution >= 0.6 is 11.3 Å². The molecule has 0 atom stereocenters. The molecule has 0 unspecified atom stereocenters. The van der Waals surface area contributed by atoms with Gasteiger partial charge in [-0.15, -0.1) is 16.4 Å². The highest BCUT2D eigenvalue weighted by atomic mass is 32.1. The summed E-state index contributed by atoms with van der Waals surface area (Å²) in [5.74, 6) is -0.479. The number of thiazole rings is 1. The molecular weight excluding hydrogens is 278 g/mol. The standard InChI is InChI=1S/C12H17N5O2S/c1-3-19-12(18)11-9(6-13)17(16-15-11)5-4-10-8(2)14-7-20-10/h7H,3-6,13H2,1-2H3. The van der Waals surface area contributed by atoms with Crippen LogP contribution in [0.15, 0.2) is 5.51 Å². The van der Waals surface area contributed by atoms with E-state index in [4.69, 9.17) is 10.5 Å². The van der Waals surface area contributed by atoms with E-state index in [1.807, 2.05) is 12.4 Å². The van der Waals surface area contributed by atoms with Crippen molar-refractivity contribution >= 4 is 17.3 Å². The minimum atomic E-state index is -0.479. The zero-order valence-electron chi connectivity index (χ0n) is 11.5.